The van der Waals surface area contributed by atoms with E-state index in [-0.39, 0.29) is 5.60 Å². The summed E-state index contributed by atoms with van der Waals surface area (Å²) in [6, 6.07) is 0.400. The molecule has 86 valence electrons. The monoisotopic (exact) mass is 209 g/mol. The number of hydrogen-bond donors (Lipinski definition) is 1. The van der Waals surface area contributed by atoms with Crippen molar-refractivity contribution in [3.8, 4) is 0 Å². The van der Waals surface area contributed by atoms with Crippen molar-refractivity contribution in [1.29, 1.82) is 0 Å². The molecule has 3 atom stereocenters. The number of nitrogens with two attached hydrogens (primary N) is 1. The summed E-state index contributed by atoms with van der Waals surface area (Å²) in [7, 11) is 0. The highest BCUT2D eigenvalue weighted by Crippen LogP contribution is 2.49. The molecule has 1 aliphatic heterocycles. The van der Waals surface area contributed by atoms with Gasteiger partial charge in [0.25, 0.3) is 0 Å². The van der Waals surface area contributed by atoms with Crippen molar-refractivity contribution >= 4 is 0 Å². The van der Waals surface area contributed by atoms with Gasteiger partial charge in [-0.05, 0) is 56.8 Å². The van der Waals surface area contributed by atoms with Gasteiger partial charge in [-0.15, -0.1) is 0 Å². The second-order valence-corrected chi connectivity index (χ2v) is 5.98. The van der Waals surface area contributed by atoms with Gasteiger partial charge in [-0.25, -0.2) is 0 Å². The van der Waals surface area contributed by atoms with E-state index < -0.39 is 0 Å². The summed E-state index contributed by atoms with van der Waals surface area (Å²) < 4.78 is 6.10. The largest absolute Gasteiger partial charge is 0.375 e. The summed E-state index contributed by atoms with van der Waals surface area (Å²) in [4.78, 5) is 0. The summed E-state index contributed by atoms with van der Waals surface area (Å²) in [5.74, 6) is 2.01. The standard InChI is InChI=1S/C13H23NO/c14-12-5-7-15-13(9-12)6-1-2-11(8-13)10-3-4-10/h10-12H,1-9,14H2. The molecule has 15 heavy (non-hydrogen) atoms. The molecule has 1 heterocycles. The van der Waals surface area contributed by atoms with E-state index in [1.54, 1.807) is 0 Å². The van der Waals surface area contributed by atoms with Crippen molar-refractivity contribution in [2.24, 2.45) is 17.6 Å². The first-order valence-electron chi connectivity index (χ1n) is 6.67. The molecule has 2 N–H and O–H groups in total. The number of rotatable bonds is 1. The molecule has 0 aromatic carbocycles. The smallest absolute Gasteiger partial charge is 0.0700 e. The third-order valence-electron chi connectivity index (χ3n) is 4.66. The van der Waals surface area contributed by atoms with Crippen LogP contribution in [0.2, 0.25) is 0 Å². The van der Waals surface area contributed by atoms with Crippen LogP contribution in [0.3, 0.4) is 0 Å². The minimum Gasteiger partial charge on any atom is -0.375 e. The van der Waals surface area contributed by atoms with E-state index in [1.165, 1.54) is 38.5 Å². The first kappa shape index (κ1) is 10.1. The Morgan fingerprint density at radius 1 is 1.00 bits per heavy atom. The van der Waals surface area contributed by atoms with Gasteiger partial charge in [0.1, 0.15) is 0 Å². The van der Waals surface area contributed by atoms with Crippen molar-refractivity contribution in [2.45, 2.75) is 63.0 Å². The molecule has 3 aliphatic rings. The predicted octanol–water partition coefficient (Wildman–Crippen LogP) is 2.46. The molecule has 1 saturated heterocycles. The van der Waals surface area contributed by atoms with Gasteiger partial charge in [-0.3, -0.25) is 0 Å². The van der Waals surface area contributed by atoms with Crippen LogP contribution in [-0.4, -0.2) is 18.2 Å². The molecule has 0 amide bonds. The quantitative estimate of drug-likeness (QED) is 0.720. The maximum absolute atomic E-state index is 6.10. The zero-order valence-corrected chi connectivity index (χ0v) is 9.58. The Kier molecular flexibility index (Phi) is 2.52. The van der Waals surface area contributed by atoms with Crippen LogP contribution >= 0.6 is 0 Å². The Balaban J connectivity index is 1.67. The summed E-state index contributed by atoms with van der Waals surface area (Å²) in [6.07, 6.45) is 10.5. The lowest BCUT2D eigenvalue weighted by atomic mass is 9.72. The van der Waals surface area contributed by atoms with E-state index in [4.69, 9.17) is 10.5 Å². The van der Waals surface area contributed by atoms with E-state index in [2.05, 4.69) is 0 Å². The molecule has 0 aromatic rings. The fourth-order valence-corrected chi connectivity index (χ4v) is 3.72. The van der Waals surface area contributed by atoms with E-state index in [0.717, 1.165) is 31.3 Å². The van der Waals surface area contributed by atoms with Crippen molar-refractivity contribution < 1.29 is 4.74 Å². The fourth-order valence-electron chi connectivity index (χ4n) is 3.72. The highest BCUT2D eigenvalue weighted by atomic mass is 16.5. The lowest BCUT2D eigenvalue weighted by molar-refractivity contribution is -0.118. The molecular weight excluding hydrogens is 186 g/mol. The van der Waals surface area contributed by atoms with Gasteiger partial charge in [0, 0.05) is 12.6 Å². The molecule has 2 nitrogen and oxygen atoms in total. The Morgan fingerprint density at radius 3 is 2.60 bits per heavy atom. The average molecular weight is 209 g/mol. The summed E-state index contributed by atoms with van der Waals surface area (Å²) in [6.45, 7) is 0.901. The minimum atomic E-state index is 0.198. The van der Waals surface area contributed by atoms with Gasteiger partial charge in [-0.1, -0.05) is 6.42 Å². The van der Waals surface area contributed by atoms with Gasteiger partial charge < -0.3 is 10.5 Å². The SMILES string of the molecule is NC1CCOC2(CCCC(C3CC3)C2)C1. The molecule has 3 rings (SSSR count). The highest BCUT2D eigenvalue weighted by molar-refractivity contribution is 4.97. The Hall–Kier alpha value is -0.0800. The van der Waals surface area contributed by atoms with Crippen LogP contribution in [0.15, 0.2) is 0 Å². The lowest BCUT2D eigenvalue weighted by Gasteiger charge is -2.45. The summed E-state index contributed by atoms with van der Waals surface area (Å²) in [5, 5.41) is 0. The molecule has 2 aliphatic carbocycles. The normalized spacial score (nSPS) is 47.0. The van der Waals surface area contributed by atoms with Crippen LogP contribution in [0.25, 0.3) is 0 Å². The molecule has 0 bridgehead atoms. The minimum absolute atomic E-state index is 0.198. The Morgan fingerprint density at radius 2 is 1.87 bits per heavy atom. The van der Waals surface area contributed by atoms with E-state index >= 15 is 0 Å². The van der Waals surface area contributed by atoms with Crippen molar-refractivity contribution in [2.75, 3.05) is 6.61 Å². The topological polar surface area (TPSA) is 35.2 Å². The molecule has 3 unspecified atom stereocenters. The number of hydrogen-bond acceptors (Lipinski definition) is 2. The van der Waals surface area contributed by atoms with Crippen molar-refractivity contribution in [1.82, 2.24) is 0 Å². The molecular formula is C13H23NO. The number of ether oxygens (including phenoxy) is 1. The molecule has 0 radical (unpaired) electrons. The van der Waals surface area contributed by atoms with Gasteiger partial charge in [0.05, 0.1) is 5.60 Å². The van der Waals surface area contributed by atoms with Crippen LogP contribution < -0.4 is 5.73 Å². The maximum atomic E-state index is 6.10. The van der Waals surface area contributed by atoms with Gasteiger partial charge in [0.15, 0.2) is 0 Å². The van der Waals surface area contributed by atoms with E-state index in [0.29, 0.717) is 6.04 Å². The van der Waals surface area contributed by atoms with E-state index in [1.807, 2.05) is 0 Å². The van der Waals surface area contributed by atoms with Crippen LogP contribution in [0, 0.1) is 11.8 Å². The summed E-state index contributed by atoms with van der Waals surface area (Å²) in [5.41, 5.74) is 6.30. The average Bonchev–Trinajstić information content (AvgIpc) is 3.00. The third-order valence-corrected chi connectivity index (χ3v) is 4.66. The van der Waals surface area contributed by atoms with Gasteiger partial charge in [0.2, 0.25) is 0 Å². The van der Waals surface area contributed by atoms with E-state index in [9.17, 15) is 0 Å². The van der Waals surface area contributed by atoms with Crippen LogP contribution in [0.1, 0.15) is 51.4 Å². The molecule has 2 saturated carbocycles. The fraction of sp³-hybridized carbons (Fsp3) is 1.00. The molecule has 3 fully saturated rings. The van der Waals surface area contributed by atoms with Crippen LogP contribution in [0.4, 0.5) is 0 Å². The van der Waals surface area contributed by atoms with Crippen LogP contribution in [-0.2, 0) is 4.74 Å². The van der Waals surface area contributed by atoms with Gasteiger partial charge in [-0.2, -0.15) is 0 Å². The Labute approximate surface area is 92.6 Å². The zero-order valence-electron chi connectivity index (χ0n) is 9.58. The first-order chi connectivity index (χ1) is 7.27. The van der Waals surface area contributed by atoms with Gasteiger partial charge >= 0.3 is 0 Å². The summed E-state index contributed by atoms with van der Waals surface area (Å²) >= 11 is 0. The van der Waals surface area contributed by atoms with Crippen LogP contribution in [0.5, 0.6) is 0 Å². The van der Waals surface area contributed by atoms with Crippen molar-refractivity contribution in [3.63, 3.8) is 0 Å². The molecule has 1 spiro atoms. The molecule has 2 heteroatoms. The lowest BCUT2D eigenvalue weighted by Crippen LogP contribution is -2.48. The second kappa shape index (κ2) is 3.74. The zero-order chi connectivity index (χ0) is 10.3. The maximum Gasteiger partial charge on any atom is 0.0700 e. The second-order valence-electron chi connectivity index (χ2n) is 5.98. The molecule has 0 aromatic heterocycles. The predicted molar refractivity (Wildman–Crippen MR) is 60.6 cm³/mol. The highest BCUT2D eigenvalue weighted by Gasteiger charge is 2.44. The third kappa shape index (κ3) is 2.07. The Bertz CT molecular complexity index is 235. The first-order valence-corrected chi connectivity index (χ1v) is 6.67. The van der Waals surface area contributed by atoms with Crippen molar-refractivity contribution in [3.05, 3.63) is 0 Å².